The molecule has 1 aromatic rings. The van der Waals surface area contributed by atoms with Crippen LogP contribution in [0.25, 0.3) is 0 Å². The van der Waals surface area contributed by atoms with E-state index in [1.165, 1.54) is 12.8 Å². The minimum Gasteiger partial charge on any atom is -0.342 e. The lowest BCUT2D eigenvalue weighted by Gasteiger charge is -2.25. The van der Waals surface area contributed by atoms with Gasteiger partial charge in [0.2, 0.25) is 17.7 Å². The fraction of sp³-hybridized carbons (Fsp3) is 0.778. The fourth-order valence-corrected chi connectivity index (χ4v) is 3.88. The highest BCUT2D eigenvalue weighted by Gasteiger charge is 2.42. The molecule has 1 saturated carbocycles. The van der Waals surface area contributed by atoms with Gasteiger partial charge in [-0.05, 0) is 31.6 Å². The van der Waals surface area contributed by atoms with Gasteiger partial charge in [-0.3, -0.25) is 9.59 Å². The van der Waals surface area contributed by atoms with Crippen LogP contribution in [-0.2, 0) is 9.59 Å². The van der Waals surface area contributed by atoms with Crippen molar-refractivity contribution < 1.29 is 14.1 Å². The second kappa shape index (κ2) is 6.42. The molecule has 2 atom stereocenters. The zero-order chi connectivity index (χ0) is 17.6. The fourth-order valence-electron chi connectivity index (χ4n) is 3.88. The summed E-state index contributed by atoms with van der Waals surface area (Å²) in [4.78, 5) is 33.5. The smallest absolute Gasteiger partial charge is 0.229 e. The van der Waals surface area contributed by atoms with Crippen LogP contribution in [0.1, 0.15) is 69.6 Å². The summed E-state index contributed by atoms with van der Waals surface area (Å²) >= 11 is 0. The molecule has 2 amide bonds. The molecule has 7 heteroatoms. The Bertz CT molecular complexity index is 667. The third kappa shape index (κ3) is 3.28. The Balaban J connectivity index is 1.44. The van der Waals surface area contributed by atoms with Crippen LogP contribution in [0, 0.1) is 11.8 Å². The Morgan fingerprint density at radius 3 is 2.80 bits per heavy atom. The lowest BCUT2D eigenvalue weighted by molar-refractivity contribution is -0.136. The van der Waals surface area contributed by atoms with Gasteiger partial charge < -0.3 is 14.3 Å². The lowest BCUT2D eigenvalue weighted by atomic mass is 10.1. The van der Waals surface area contributed by atoms with Crippen molar-refractivity contribution in [2.75, 3.05) is 19.6 Å². The standard InChI is InChI=1S/C18H26N4O3/c1-11(2)17-19-16(20-25-17)14-4-3-7-22(14)18(24)13-8-15(23)21(10-13)9-12-5-6-12/h11-14H,3-10H2,1-2H3/t13-,14+/m1/s1. The minimum absolute atomic E-state index is 0.0741. The molecular weight excluding hydrogens is 320 g/mol. The number of rotatable bonds is 5. The predicted octanol–water partition coefficient (Wildman–Crippen LogP) is 2.12. The van der Waals surface area contributed by atoms with Gasteiger partial charge >= 0.3 is 0 Å². The molecule has 0 radical (unpaired) electrons. The van der Waals surface area contributed by atoms with Crippen molar-refractivity contribution in [2.24, 2.45) is 11.8 Å². The first-order valence-corrected chi connectivity index (χ1v) is 9.44. The molecule has 3 aliphatic rings. The first kappa shape index (κ1) is 16.5. The van der Waals surface area contributed by atoms with Crippen LogP contribution in [0.3, 0.4) is 0 Å². The van der Waals surface area contributed by atoms with Crippen LogP contribution in [0.5, 0.6) is 0 Å². The van der Waals surface area contributed by atoms with Crippen molar-refractivity contribution in [2.45, 2.75) is 57.9 Å². The van der Waals surface area contributed by atoms with Crippen molar-refractivity contribution in [1.29, 1.82) is 0 Å². The molecule has 0 spiro atoms. The summed E-state index contributed by atoms with van der Waals surface area (Å²) in [6.45, 7) is 6.12. The number of aromatic nitrogens is 2. The zero-order valence-corrected chi connectivity index (χ0v) is 15.0. The topological polar surface area (TPSA) is 79.5 Å². The number of hydrogen-bond donors (Lipinski definition) is 0. The number of nitrogens with zero attached hydrogens (tertiary/aromatic N) is 4. The molecule has 25 heavy (non-hydrogen) atoms. The summed E-state index contributed by atoms with van der Waals surface area (Å²) in [5.74, 6) is 2.03. The van der Waals surface area contributed by atoms with Crippen LogP contribution in [0.15, 0.2) is 4.52 Å². The highest BCUT2D eigenvalue weighted by Crippen LogP contribution is 2.35. The minimum atomic E-state index is -0.219. The molecular formula is C18H26N4O3. The Morgan fingerprint density at radius 1 is 1.32 bits per heavy atom. The van der Waals surface area contributed by atoms with Crippen LogP contribution in [0.4, 0.5) is 0 Å². The average molecular weight is 346 g/mol. The Morgan fingerprint density at radius 2 is 2.12 bits per heavy atom. The molecule has 2 saturated heterocycles. The monoisotopic (exact) mass is 346 g/mol. The first-order chi connectivity index (χ1) is 12.0. The van der Waals surface area contributed by atoms with E-state index in [0.29, 0.717) is 37.1 Å². The maximum Gasteiger partial charge on any atom is 0.229 e. The Kier molecular flexibility index (Phi) is 4.25. The van der Waals surface area contributed by atoms with E-state index in [9.17, 15) is 9.59 Å². The number of hydrogen-bond acceptors (Lipinski definition) is 5. The zero-order valence-electron chi connectivity index (χ0n) is 15.0. The van der Waals surface area contributed by atoms with Crippen molar-refractivity contribution in [1.82, 2.24) is 19.9 Å². The van der Waals surface area contributed by atoms with E-state index in [4.69, 9.17) is 4.52 Å². The Hall–Kier alpha value is -1.92. The number of likely N-dealkylation sites (tertiary alicyclic amines) is 2. The van der Waals surface area contributed by atoms with Gasteiger partial charge in [-0.15, -0.1) is 0 Å². The molecule has 136 valence electrons. The van der Waals surface area contributed by atoms with E-state index >= 15 is 0 Å². The van der Waals surface area contributed by atoms with Crippen molar-refractivity contribution >= 4 is 11.8 Å². The predicted molar refractivity (Wildman–Crippen MR) is 89.5 cm³/mol. The van der Waals surface area contributed by atoms with Crippen LogP contribution in [-0.4, -0.2) is 51.4 Å². The van der Waals surface area contributed by atoms with Crippen molar-refractivity contribution in [3.63, 3.8) is 0 Å². The van der Waals surface area contributed by atoms with Gasteiger partial charge in [-0.2, -0.15) is 4.98 Å². The van der Waals surface area contributed by atoms with Crippen LogP contribution in [0.2, 0.25) is 0 Å². The maximum atomic E-state index is 13.0. The average Bonchev–Trinajstić information content (AvgIpc) is 3.00. The molecule has 1 aromatic heterocycles. The second-order valence-electron chi connectivity index (χ2n) is 7.98. The van der Waals surface area contributed by atoms with Gasteiger partial charge in [0, 0.05) is 32.0 Å². The van der Waals surface area contributed by atoms with Crippen molar-refractivity contribution in [3.8, 4) is 0 Å². The van der Waals surface area contributed by atoms with E-state index in [1.807, 2.05) is 23.6 Å². The van der Waals surface area contributed by atoms with Gasteiger partial charge in [-0.1, -0.05) is 19.0 Å². The van der Waals surface area contributed by atoms with E-state index in [1.54, 1.807) is 0 Å². The van der Waals surface area contributed by atoms with E-state index in [-0.39, 0.29) is 29.7 Å². The SMILES string of the molecule is CC(C)c1nc([C@@H]2CCCN2C(=O)[C@@H]2CC(=O)N(CC3CC3)C2)no1. The van der Waals surface area contributed by atoms with Gasteiger partial charge in [-0.25, -0.2) is 0 Å². The van der Waals surface area contributed by atoms with Crippen LogP contribution < -0.4 is 0 Å². The summed E-state index contributed by atoms with van der Waals surface area (Å²) < 4.78 is 5.32. The molecule has 1 aliphatic carbocycles. The normalized spacial score (nSPS) is 26.9. The van der Waals surface area contributed by atoms with E-state index in [2.05, 4.69) is 10.1 Å². The molecule has 0 N–H and O–H groups in total. The van der Waals surface area contributed by atoms with Crippen LogP contribution >= 0.6 is 0 Å². The molecule has 3 fully saturated rings. The number of amides is 2. The quantitative estimate of drug-likeness (QED) is 0.816. The number of carbonyl (C=O) groups excluding carboxylic acids is 2. The maximum absolute atomic E-state index is 13.0. The molecule has 4 rings (SSSR count). The molecule has 7 nitrogen and oxygen atoms in total. The third-order valence-electron chi connectivity index (χ3n) is 5.52. The molecule has 0 unspecified atom stereocenters. The van der Waals surface area contributed by atoms with E-state index in [0.717, 1.165) is 19.4 Å². The van der Waals surface area contributed by atoms with Gasteiger partial charge in [0.15, 0.2) is 5.82 Å². The second-order valence-corrected chi connectivity index (χ2v) is 7.98. The highest BCUT2D eigenvalue weighted by atomic mass is 16.5. The largest absolute Gasteiger partial charge is 0.342 e. The highest BCUT2D eigenvalue weighted by molar-refractivity contribution is 5.89. The first-order valence-electron chi connectivity index (χ1n) is 9.44. The van der Waals surface area contributed by atoms with Gasteiger partial charge in [0.05, 0.1) is 12.0 Å². The summed E-state index contributed by atoms with van der Waals surface area (Å²) in [7, 11) is 0. The number of carbonyl (C=O) groups is 2. The lowest BCUT2D eigenvalue weighted by Crippen LogP contribution is -2.37. The van der Waals surface area contributed by atoms with Crippen molar-refractivity contribution in [3.05, 3.63) is 11.7 Å². The third-order valence-corrected chi connectivity index (χ3v) is 5.52. The Labute approximate surface area is 147 Å². The molecule has 0 aromatic carbocycles. The van der Waals surface area contributed by atoms with E-state index < -0.39 is 0 Å². The van der Waals surface area contributed by atoms with Gasteiger partial charge in [0.1, 0.15) is 0 Å². The summed E-state index contributed by atoms with van der Waals surface area (Å²) in [6.07, 6.45) is 4.57. The summed E-state index contributed by atoms with van der Waals surface area (Å²) in [6, 6.07) is -0.115. The summed E-state index contributed by atoms with van der Waals surface area (Å²) in [5, 5.41) is 4.10. The molecule has 2 aliphatic heterocycles. The molecule has 3 heterocycles. The summed E-state index contributed by atoms with van der Waals surface area (Å²) in [5.41, 5.74) is 0. The molecule has 0 bridgehead atoms. The van der Waals surface area contributed by atoms with Gasteiger partial charge in [0.25, 0.3) is 0 Å².